The molecule has 4 aliphatic rings. The molecule has 2 saturated heterocycles. The lowest BCUT2D eigenvalue weighted by atomic mass is 9.79. The highest BCUT2D eigenvalue weighted by molar-refractivity contribution is 6.26. The number of aliphatic hydroxyl groups is 1. The molecule has 3 heterocycles. The van der Waals surface area contributed by atoms with Crippen LogP contribution in [0.3, 0.4) is 0 Å². The zero-order valence-corrected chi connectivity index (χ0v) is 29.7. The maximum Gasteiger partial charge on any atom is 0.414 e. The second-order valence-corrected chi connectivity index (χ2v) is 13.4. The van der Waals surface area contributed by atoms with E-state index in [0.717, 1.165) is 22.6 Å². The largest absolute Gasteiger partial charge is 0.425 e. The molecule has 1 saturated carbocycles. The van der Waals surface area contributed by atoms with Gasteiger partial charge in [-0.1, -0.05) is 36.4 Å². The summed E-state index contributed by atoms with van der Waals surface area (Å²) in [6.45, 7) is 2.39. The van der Waals surface area contributed by atoms with E-state index in [1.807, 2.05) is 30.3 Å². The van der Waals surface area contributed by atoms with Crippen molar-refractivity contribution in [2.45, 2.75) is 43.7 Å². The first-order valence-electron chi connectivity index (χ1n) is 17.8. The molecule has 6 rings (SSSR count). The summed E-state index contributed by atoms with van der Waals surface area (Å²) in [6.07, 6.45) is 2.39. The number of ketones is 1. The molecule has 4 N–H and O–H groups in total. The molecule has 6 amide bonds. The molecule has 0 aromatic heterocycles. The molecule has 2 aromatic rings. The van der Waals surface area contributed by atoms with E-state index in [1.54, 1.807) is 11.1 Å². The van der Waals surface area contributed by atoms with Crippen molar-refractivity contribution in [3.05, 3.63) is 89.1 Å². The van der Waals surface area contributed by atoms with E-state index in [4.69, 9.17) is 9.47 Å². The molecule has 3 unspecified atom stereocenters. The summed E-state index contributed by atoms with van der Waals surface area (Å²) >= 11 is 0. The third-order valence-electron chi connectivity index (χ3n) is 9.86. The lowest BCUT2D eigenvalue weighted by Gasteiger charge is -2.34. The van der Waals surface area contributed by atoms with Crippen LogP contribution in [-0.4, -0.2) is 125 Å². The monoisotopic (exact) mass is 756 g/mol. The summed E-state index contributed by atoms with van der Waals surface area (Å²) in [4.78, 5) is 104. The van der Waals surface area contributed by atoms with Crippen LogP contribution in [0.25, 0.3) is 0 Å². The van der Waals surface area contributed by atoms with E-state index in [0.29, 0.717) is 57.7 Å². The lowest BCUT2D eigenvalue weighted by molar-refractivity contribution is -0.146. The number of anilines is 1. The molecule has 288 valence electrons. The van der Waals surface area contributed by atoms with Gasteiger partial charge in [0.1, 0.15) is 6.04 Å². The van der Waals surface area contributed by atoms with Crippen LogP contribution >= 0.6 is 0 Å². The standard InChI is InChI=1S/C38H40N6O11/c45-29-19-24(23-5-2-1-3-6-23)20-30(46)26(29)21-39-13-14-42-15-17-43(18-16-42)32(48)11-12-33(49)54-22-55-38(53)40-27-8-4-7-25-34(27)37(52)44(36(25)51)28-9-10-31(47)41-35(28)50/h1-8,11-12,21,24,28-29,39,45H,9-10,13-20,22H2,(H,40,53)(H,41,47,50)/b12-11+,26-21-. The predicted molar refractivity (Wildman–Crippen MR) is 192 cm³/mol. The summed E-state index contributed by atoms with van der Waals surface area (Å²) in [5, 5.41) is 18.2. The Balaban J connectivity index is 0.875. The molecule has 55 heavy (non-hydrogen) atoms. The second-order valence-electron chi connectivity index (χ2n) is 13.4. The Bertz CT molecular complexity index is 1940. The van der Waals surface area contributed by atoms with Gasteiger partial charge in [-0.15, -0.1) is 0 Å². The number of imide groups is 2. The number of piperazine rings is 1. The van der Waals surface area contributed by atoms with Crippen LogP contribution in [-0.2, 0) is 33.4 Å². The Kier molecular flexibility index (Phi) is 12.1. The van der Waals surface area contributed by atoms with Gasteiger partial charge in [-0.05, 0) is 36.5 Å². The van der Waals surface area contributed by atoms with Gasteiger partial charge in [0.25, 0.3) is 11.8 Å². The molecule has 0 bridgehead atoms. The highest BCUT2D eigenvalue weighted by Crippen LogP contribution is 2.34. The summed E-state index contributed by atoms with van der Waals surface area (Å²) in [5.41, 5.74) is 1.15. The summed E-state index contributed by atoms with van der Waals surface area (Å²) in [5.74, 6) is -4.29. The van der Waals surface area contributed by atoms with Crippen molar-refractivity contribution < 1.29 is 52.9 Å². The minimum atomic E-state index is -1.18. The third-order valence-corrected chi connectivity index (χ3v) is 9.86. The first kappa shape index (κ1) is 38.5. The number of aliphatic hydroxyl groups excluding tert-OH is 1. The van der Waals surface area contributed by atoms with Gasteiger partial charge >= 0.3 is 12.1 Å². The van der Waals surface area contributed by atoms with Crippen LogP contribution < -0.4 is 16.0 Å². The number of carbonyl (C=O) groups excluding carboxylic acids is 8. The number of hydrogen-bond acceptors (Lipinski definition) is 13. The van der Waals surface area contributed by atoms with Gasteiger partial charge in [-0.2, -0.15) is 0 Å². The molecule has 2 aromatic carbocycles. The van der Waals surface area contributed by atoms with Crippen molar-refractivity contribution in [3.8, 4) is 0 Å². The van der Waals surface area contributed by atoms with Gasteiger partial charge in [-0.3, -0.25) is 49.2 Å². The maximum atomic E-state index is 13.2. The Morgan fingerprint density at radius 1 is 0.909 bits per heavy atom. The number of hydrogen-bond donors (Lipinski definition) is 4. The molecule has 0 radical (unpaired) electrons. The maximum absolute atomic E-state index is 13.2. The van der Waals surface area contributed by atoms with Gasteiger partial charge in [0.05, 0.1) is 22.9 Å². The van der Waals surface area contributed by atoms with Crippen molar-refractivity contribution in [2.75, 3.05) is 51.4 Å². The van der Waals surface area contributed by atoms with E-state index in [1.165, 1.54) is 18.2 Å². The topological polar surface area (TPSA) is 221 Å². The Morgan fingerprint density at radius 3 is 2.40 bits per heavy atom. The SMILES string of the molecule is O=C1CCC(N2C(=O)c3cccc(NC(=O)OCOC(=O)/C=C/C(=O)N4CCN(CCN/C=C5\C(=O)CC(c6ccccc6)CC5O)CC4)c3C2=O)C(=O)N1. The van der Waals surface area contributed by atoms with Crippen LogP contribution in [0, 0.1) is 0 Å². The quantitative estimate of drug-likeness (QED) is 0.0822. The van der Waals surface area contributed by atoms with Crippen molar-refractivity contribution in [3.63, 3.8) is 0 Å². The number of nitrogens with one attached hydrogen (secondary N) is 3. The van der Waals surface area contributed by atoms with Crippen molar-refractivity contribution in [1.29, 1.82) is 0 Å². The van der Waals surface area contributed by atoms with Gasteiger partial charge in [-0.25, -0.2) is 9.59 Å². The zero-order valence-electron chi connectivity index (χ0n) is 29.7. The molecule has 0 spiro atoms. The average Bonchev–Trinajstić information content (AvgIpc) is 3.43. The summed E-state index contributed by atoms with van der Waals surface area (Å²) in [7, 11) is 0. The highest BCUT2D eigenvalue weighted by Gasteiger charge is 2.45. The van der Waals surface area contributed by atoms with E-state index < -0.39 is 60.5 Å². The molecular weight excluding hydrogens is 716 g/mol. The highest BCUT2D eigenvalue weighted by atomic mass is 16.7. The normalized spacial score (nSPS) is 22.5. The van der Waals surface area contributed by atoms with Crippen LogP contribution in [0.2, 0.25) is 0 Å². The minimum absolute atomic E-state index is 0.00903. The molecule has 17 nitrogen and oxygen atoms in total. The van der Waals surface area contributed by atoms with Crippen molar-refractivity contribution >= 4 is 53.1 Å². The number of amides is 6. The van der Waals surface area contributed by atoms with Gasteiger partial charge in [0, 0.05) is 76.0 Å². The first-order chi connectivity index (χ1) is 26.5. The Morgan fingerprint density at radius 2 is 1.67 bits per heavy atom. The fraction of sp³-hybridized carbons (Fsp3) is 0.368. The number of rotatable bonds is 11. The van der Waals surface area contributed by atoms with Crippen molar-refractivity contribution in [2.24, 2.45) is 0 Å². The number of Topliss-reactive ketones (excluding diaryl/α,β-unsaturated/α-hetero) is 1. The molecule has 3 fully saturated rings. The van der Waals surface area contributed by atoms with Crippen LogP contribution in [0.15, 0.2) is 72.5 Å². The minimum Gasteiger partial charge on any atom is -0.425 e. The predicted octanol–water partition coefficient (Wildman–Crippen LogP) is 0.819. The molecule has 17 heteroatoms. The van der Waals surface area contributed by atoms with Crippen LogP contribution in [0.4, 0.5) is 10.5 Å². The van der Waals surface area contributed by atoms with Crippen LogP contribution in [0.5, 0.6) is 0 Å². The number of piperidine rings is 1. The number of nitrogens with zero attached hydrogens (tertiary/aromatic N) is 3. The van der Waals surface area contributed by atoms with Crippen molar-refractivity contribution in [1.82, 2.24) is 25.3 Å². The van der Waals surface area contributed by atoms with Crippen LogP contribution in [0.1, 0.15) is 57.9 Å². The number of ether oxygens (including phenoxy) is 2. The third kappa shape index (κ3) is 9.13. The van der Waals surface area contributed by atoms with Gasteiger partial charge < -0.3 is 24.8 Å². The first-order valence-corrected chi connectivity index (χ1v) is 17.8. The van der Waals surface area contributed by atoms with E-state index in [2.05, 4.69) is 20.9 Å². The summed E-state index contributed by atoms with van der Waals surface area (Å²) < 4.78 is 9.73. The molecule has 3 aliphatic heterocycles. The fourth-order valence-corrected chi connectivity index (χ4v) is 6.96. The second kappa shape index (κ2) is 17.3. The smallest absolute Gasteiger partial charge is 0.414 e. The van der Waals surface area contributed by atoms with E-state index in [9.17, 15) is 43.5 Å². The van der Waals surface area contributed by atoms with E-state index in [-0.39, 0.29) is 41.4 Å². The summed E-state index contributed by atoms with van der Waals surface area (Å²) in [6, 6.07) is 12.7. The Labute approximate surface area is 315 Å². The lowest BCUT2D eigenvalue weighted by Crippen LogP contribution is -2.54. The fourth-order valence-electron chi connectivity index (χ4n) is 6.96. The average molecular weight is 757 g/mol. The number of esters is 1. The van der Waals surface area contributed by atoms with Gasteiger partial charge in [0.2, 0.25) is 24.5 Å². The van der Waals surface area contributed by atoms with Gasteiger partial charge in [0.15, 0.2) is 5.78 Å². The number of carbonyl (C=O) groups is 8. The molecular formula is C38H40N6O11. The Hall–Kier alpha value is -6.20. The van der Waals surface area contributed by atoms with E-state index >= 15 is 0 Å². The molecule has 3 atom stereocenters. The zero-order chi connectivity index (χ0) is 39.1. The molecule has 1 aliphatic carbocycles. The number of benzene rings is 2. The number of fused-ring (bicyclic) bond motifs is 1.